The van der Waals surface area contributed by atoms with E-state index < -0.39 is 10.0 Å². The lowest BCUT2D eigenvalue weighted by Crippen LogP contribution is -2.39. The van der Waals surface area contributed by atoms with Gasteiger partial charge in [-0.3, -0.25) is 10.8 Å². The summed E-state index contributed by atoms with van der Waals surface area (Å²) in [4.78, 5) is 3.97. The van der Waals surface area contributed by atoms with Crippen molar-refractivity contribution in [2.45, 2.75) is 50.0 Å². The molecule has 2 atom stereocenters. The van der Waals surface area contributed by atoms with E-state index in [0.29, 0.717) is 11.6 Å². The van der Waals surface area contributed by atoms with Crippen LogP contribution in [0, 0.1) is 5.92 Å². The van der Waals surface area contributed by atoms with E-state index >= 15 is 0 Å². The Balaban J connectivity index is 2.22. The molecule has 7 heteroatoms. The molecule has 0 aromatic carbocycles. The molecule has 0 amide bonds. The zero-order valence-electron chi connectivity index (χ0n) is 11.7. The highest BCUT2D eigenvalue weighted by molar-refractivity contribution is 7.89. The van der Waals surface area contributed by atoms with Gasteiger partial charge in [0.1, 0.15) is 4.90 Å². The van der Waals surface area contributed by atoms with Gasteiger partial charge in [0.15, 0.2) is 0 Å². The highest BCUT2D eigenvalue weighted by Gasteiger charge is 2.27. The predicted molar refractivity (Wildman–Crippen MR) is 78.4 cm³/mol. The van der Waals surface area contributed by atoms with Crippen LogP contribution in [-0.4, -0.2) is 19.4 Å². The number of rotatable bonds is 4. The summed E-state index contributed by atoms with van der Waals surface area (Å²) < 4.78 is 27.8. The van der Waals surface area contributed by atoms with Crippen LogP contribution < -0.4 is 16.0 Å². The molecule has 2 rings (SSSR count). The number of pyridine rings is 1. The number of nitrogen functional groups attached to an aromatic ring is 1. The third-order valence-corrected chi connectivity index (χ3v) is 5.41. The molecule has 4 N–H and O–H groups in total. The lowest BCUT2D eigenvalue weighted by atomic mass is 9.98. The molecule has 1 aromatic rings. The lowest BCUT2D eigenvalue weighted by Gasteiger charge is -2.23. The van der Waals surface area contributed by atoms with E-state index in [4.69, 9.17) is 5.84 Å². The van der Waals surface area contributed by atoms with Gasteiger partial charge in [0.2, 0.25) is 10.0 Å². The molecule has 1 saturated carbocycles. The number of hydrazine groups is 1. The summed E-state index contributed by atoms with van der Waals surface area (Å²) in [5.74, 6) is 5.71. The van der Waals surface area contributed by atoms with E-state index in [0.717, 1.165) is 19.3 Å². The fraction of sp³-hybridized carbons (Fsp3) is 0.615. The van der Waals surface area contributed by atoms with Crippen LogP contribution in [0.25, 0.3) is 0 Å². The average molecular weight is 298 g/mol. The maximum Gasteiger partial charge on any atom is 0.244 e. The van der Waals surface area contributed by atoms with Gasteiger partial charge in [0.25, 0.3) is 0 Å². The second-order valence-electron chi connectivity index (χ2n) is 5.36. The molecule has 0 spiro atoms. The summed E-state index contributed by atoms with van der Waals surface area (Å²) in [5, 5.41) is 0. The van der Waals surface area contributed by atoms with Gasteiger partial charge in [-0.25, -0.2) is 13.1 Å². The monoisotopic (exact) mass is 298 g/mol. The zero-order valence-corrected chi connectivity index (χ0v) is 12.5. The molecule has 1 fully saturated rings. The summed E-state index contributed by atoms with van der Waals surface area (Å²) in [6.45, 7) is 2.10. The maximum absolute atomic E-state index is 12.5. The smallest absolute Gasteiger partial charge is 0.244 e. The van der Waals surface area contributed by atoms with Gasteiger partial charge in [-0.05, 0) is 24.8 Å². The van der Waals surface area contributed by atoms with E-state index in [9.17, 15) is 8.42 Å². The van der Waals surface area contributed by atoms with E-state index in [1.807, 2.05) is 0 Å². The first-order valence-corrected chi connectivity index (χ1v) is 8.46. The van der Waals surface area contributed by atoms with Crippen molar-refractivity contribution in [3.05, 3.63) is 18.5 Å². The third kappa shape index (κ3) is 3.47. The van der Waals surface area contributed by atoms with E-state index in [1.165, 1.54) is 25.2 Å². The van der Waals surface area contributed by atoms with E-state index in [-0.39, 0.29) is 10.9 Å². The minimum absolute atomic E-state index is 0.0201. The Morgan fingerprint density at radius 1 is 1.30 bits per heavy atom. The van der Waals surface area contributed by atoms with Crippen molar-refractivity contribution in [1.82, 2.24) is 9.71 Å². The fourth-order valence-corrected chi connectivity index (χ4v) is 4.14. The van der Waals surface area contributed by atoms with Crippen molar-refractivity contribution < 1.29 is 8.42 Å². The largest absolute Gasteiger partial charge is 0.323 e. The minimum atomic E-state index is -3.61. The summed E-state index contributed by atoms with van der Waals surface area (Å²) >= 11 is 0. The van der Waals surface area contributed by atoms with Gasteiger partial charge in [-0.15, -0.1) is 0 Å². The molecule has 0 radical (unpaired) electrons. The number of anilines is 1. The van der Waals surface area contributed by atoms with Crippen LogP contribution >= 0.6 is 0 Å². The van der Waals surface area contributed by atoms with Gasteiger partial charge < -0.3 is 5.43 Å². The molecule has 1 aliphatic carbocycles. The molecule has 20 heavy (non-hydrogen) atoms. The highest BCUT2D eigenvalue weighted by atomic mass is 32.2. The second-order valence-corrected chi connectivity index (χ2v) is 7.04. The maximum atomic E-state index is 12.5. The van der Waals surface area contributed by atoms with Crippen molar-refractivity contribution in [2.24, 2.45) is 11.8 Å². The molecule has 112 valence electrons. The second kappa shape index (κ2) is 6.51. The molecule has 2 unspecified atom stereocenters. The number of hydrogen-bond acceptors (Lipinski definition) is 5. The molecular formula is C13H22N4O2S. The predicted octanol–water partition coefficient (Wildman–Crippen LogP) is 1.61. The average Bonchev–Trinajstić information content (AvgIpc) is 2.64. The molecule has 0 bridgehead atoms. The van der Waals surface area contributed by atoms with E-state index in [2.05, 4.69) is 22.1 Å². The number of aromatic nitrogens is 1. The van der Waals surface area contributed by atoms with Crippen molar-refractivity contribution in [2.75, 3.05) is 5.43 Å². The standard InChI is InChI=1S/C13H22N4O2S/c1-10-5-3-2-4-6-11(10)17-20(18,19)13-9-15-8-7-12(13)16-14/h7-11,17H,2-6,14H2,1H3,(H,15,16). The highest BCUT2D eigenvalue weighted by Crippen LogP contribution is 2.26. The topological polar surface area (TPSA) is 97.1 Å². The fourth-order valence-electron chi connectivity index (χ4n) is 2.64. The first kappa shape index (κ1) is 15.2. The molecule has 1 aromatic heterocycles. The Morgan fingerprint density at radius 3 is 2.80 bits per heavy atom. The number of nitrogens with two attached hydrogens (primary N) is 1. The van der Waals surface area contributed by atoms with Gasteiger partial charge in [-0.2, -0.15) is 0 Å². The Bertz CT molecular complexity index is 547. The first-order chi connectivity index (χ1) is 9.54. The molecule has 1 heterocycles. The SMILES string of the molecule is CC1CCCCCC1NS(=O)(=O)c1cnccc1NN. The first-order valence-electron chi connectivity index (χ1n) is 6.97. The van der Waals surface area contributed by atoms with Crippen molar-refractivity contribution in [1.29, 1.82) is 0 Å². The normalized spacial score (nSPS) is 24.1. The van der Waals surface area contributed by atoms with Crippen molar-refractivity contribution in [3.63, 3.8) is 0 Å². The summed E-state index contributed by atoms with van der Waals surface area (Å²) in [6.07, 6.45) is 8.16. The number of sulfonamides is 1. The number of nitrogens with one attached hydrogen (secondary N) is 2. The Kier molecular flexibility index (Phi) is 4.95. The number of nitrogens with zero attached hydrogens (tertiary/aromatic N) is 1. The number of hydrogen-bond donors (Lipinski definition) is 3. The van der Waals surface area contributed by atoms with Crippen LogP contribution in [-0.2, 0) is 10.0 Å². The molecule has 0 aliphatic heterocycles. The Hall–Kier alpha value is -1.18. The molecular weight excluding hydrogens is 276 g/mol. The molecule has 6 nitrogen and oxygen atoms in total. The van der Waals surface area contributed by atoms with Crippen LogP contribution in [0.4, 0.5) is 5.69 Å². The van der Waals surface area contributed by atoms with Crippen molar-refractivity contribution >= 4 is 15.7 Å². The van der Waals surface area contributed by atoms with E-state index in [1.54, 1.807) is 6.07 Å². The van der Waals surface area contributed by atoms with Gasteiger partial charge in [0, 0.05) is 18.4 Å². The molecule has 0 saturated heterocycles. The van der Waals surface area contributed by atoms with Crippen molar-refractivity contribution in [3.8, 4) is 0 Å². The van der Waals surface area contributed by atoms with Gasteiger partial charge in [0.05, 0.1) is 5.69 Å². The Morgan fingerprint density at radius 2 is 2.05 bits per heavy atom. The summed E-state index contributed by atoms with van der Waals surface area (Å²) in [7, 11) is -3.61. The minimum Gasteiger partial charge on any atom is -0.323 e. The Labute approximate surface area is 120 Å². The van der Waals surface area contributed by atoms with Gasteiger partial charge in [-0.1, -0.05) is 26.2 Å². The molecule has 1 aliphatic rings. The van der Waals surface area contributed by atoms with Crippen LogP contribution in [0.2, 0.25) is 0 Å². The lowest BCUT2D eigenvalue weighted by molar-refractivity contribution is 0.399. The van der Waals surface area contributed by atoms with Crippen LogP contribution in [0.5, 0.6) is 0 Å². The third-order valence-electron chi connectivity index (χ3n) is 3.90. The van der Waals surface area contributed by atoms with Gasteiger partial charge >= 0.3 is 0 Å². The zero-order chi connectivity index (χ0) is 14.6. The van der Waals surface area contributed by atoms with Crippen LogP contribution in [0.15, 0.2) is 23.4 Å². The summed E-state index contributed by atoms with van der Waals surface area (Å²) in [6, 6.07) is 1.53. The quantitative estimate of drug-likeness (QED) is 0.446. The van der Waals surface area contributed by atoms with Crippen LogP contribution in [0.3, 0.4) is 0 Å². The van der Waals surface area contributed by atoms with Crippen LogP contribution in [0.1, 0.15) is 39.0 Å². The summed E-state index contributed by atoms with van der Waals surface area (Å²) in [5.41, 5.74) is 2.76.